The van der Waals surface area contributed by atoms with Crippen molar-refractivity contribution in [1.29, 1.82) is 0 Å². The second-order valence-corrected chi connectivity index (χ2v) is 4.43. The van der Waals surface area contributed by atoms with E-state index in [-0.39, 0.29) is 5.69 Å². The smallest absolute Gasteiger partial charge is 0.293 e. The highest BCUT2D eigenvalue weighted by Gasteiger charge is 2.15. The molecule has 0 unspecified atom stereocenters. The van der Waals surface area contributed by atoms with Gasteiger partial charge in [0.15, 0.2) is 0 Å². The zero-order valence-corrected chi connectivity index (χ0v) is 10.4. The van der Waals surface area contributed by atoms with Crippen LogP contribution in [0, 0.1) is 15.9 Å². The van der Waals surface area contributed by atoms with E-state index in [1.54, 1.807) is 29.1 Å². The summed E-state index contributed by atoms with van der Waals surface area (Å²) < 4.78 is 14.9. The van der Waals surface area contributed by atoms with Crippen LogP contribution in [0.5, 0.6) is 0 Å². The fourth-order valence-electron chi connectivity index (χ4n) is 2.26. The highest BCUT2D eigenvalue weighted by atomic mass is 19.1. The summed E-state index contributed by atoms with van der Waals surface area (Å²) in [5, 5.41) is 11.9. The molecule has 20 heavy (non-hydrogen) atoms. The summed E-state index contributed by atoms with van der Waals surface area (Å²) in [6.45, 7) is 0.332. The monoisotopic (exact) mass is 271 g/mol. The van der Waals surface area contributed by atoms with Crippen molar-refractivity contribution in [3.63, 3.8) is 0 Å². The van der Waals surface area contributed by atoms with Crippen LogP contribution < -0.4 is 0 Å². The quantitative estimate of drug-likeness (QED) is 0.543. The van der Waals surface area contributed by atoms with Gasteiger partial charge in [-0.3, -0.25) is 15.1 Å². The topological polar surface area (TPSA) is 61.0 Å². The first-order valence-corrected chi connectivity index (χ1v) is 5.97. The number of benzene rings is 1. The number of non-ortho nitro benzene ring substituents is 1. The number of para-hydroxylation sites is 1. The third-order valence-corrected chi connectivity index (χ3v) is 3.08. The number of rotatable bonds is 3. The number of halogens is 1. The van der Waals surface area contributed by atoms with Crippen LogP contribution in [0.4, 0.5) is 10.1 Å². The van der Waals surface area contributed by atoms with E-state index in [0.29, 0.717) is 17.6 Å². The summed E-state index contributed by atoms with van der Waals surface area (Å²) >= 11 is 0. The number of nitro groups is 1. The van der Waals surface area contributed by atoms with Gasteiger partial charge in [-0.15, -0.1) is 0 Å². The van der Waals surface area contributed by atoms with Gasteiger partial charge in [0, 0.05) is 30.4 Å². The van der Waals surface area contributed by atoms with Crippen molar-refractivity contribution in [2.24, 2.45) is 0 Å². The molecular weight excluding hydrogens is 261 g/mol. The molecule has 0 aliphatic heterocycles. The summed E-state index contributed by atoms with van der Waals surface area (Å²) in [6.07, 6.45) is 4.42. The van der Waals surface area contributed by atoms with Gasteiger partial charge >= 0.3 is 0 Å². The average Bonchev–Trinajstić information content (AvgIpc) is 2.82. The minimum atomic E-state index is -0.423. The standard InChI is InChI=1S/C14H10FN3O2/c15-12-6-10(7-16-8-12)9-17-5-4-11-2-1-3-13(14(11)17)18(19)20/h1-8H,9H2. The van der Waals surface area contributed by atoms with Crippen molar-refractivity contribution >= 4 is 16.6 Å². The van der Waals surface area contributed by atoms with Crippen molar-refractivity contribution < 1.29 is 9.31 Å². The van der Waals surface area contributed by atoms with Crippen molar-refractivity contribution in [1.82, 2.24) is 9.55 Å². The summed E-state index contributed by atoms with van der Waals surface area (Å²) in [6, 6.07) is 8.09. The fourth-order valence-corrected chi connectivity index (χ4v) is 2.26. The van der Waals surface area contributed by atoms with Crippen LogP contribution in [0.25, 0.3) is 10.9 Å². The van der Waals surface area contributed by atoms with Crippen LogP contribution in [0.3, 0.4) is 0 Å². The maximum absolute atomic E-state index is 13.1. The molecule has 5 nitrogen and oxygen atoms in total. The van der Waals surface area contributed by atoms with Crippen LogP contribution in [0.15, 0.2) is 48.9 Å². The Morgan fingerprint density at radius 3 is 2.90 bits per heavy atom. The molecule has 2 aromatic heterocycles. The van der Waals surface area contributed by atoms with Crippen LogP contribution in [-0.4, -0.2) is 14.5 Å². The molecule has 0 bridgehead atoms. The zero-order chi connectivity index (χ0) is 14.1. The van der Waals surface area contributed by atoms with Crippen LogP contribution in [0.1, 0.15) is 5.56 Å². The van der Waals surface area contributed by atoms with Gasteiger partial charge in [0.05, 0.1) is 11.1 Å². The Morgan fingerprint density at radius 1 is 1.30 bits per heavy atom. The lowest BCUT2D eigenvalue weighted by Gasteiger charge is -2.06. The van der Waals surface area contributed by atoms with Crippen LogP contribution in [-0.2, 0) is 6.54 Å². The Morgan fingerprint density at radius 2 is 2.15 bits per heavy atom. The van der Waals surface area contributed by atoms with Gasteiger partial charge in [-0.25, -0.2) is 4.39 Å². The minimum absolute atomic E-state index is 0.0388. The minimum Gasteiger partial charge on any atom is -0.337 e. The predicted molar refractivity (Wildman–Crippen MR) is 71.9 cm³/mol. The Labute approximate surface area is 113 Å². The van der Waals surface area contributed by atoms with E-state index in [0.717, 1.165) is 11.6 Å². The maximum Gasteiger partial charge on any atom is 0.293 e. The molecule has 0 saturated heterocycles. The van der Waals surface area contributed by atoms with Crippen molar-refractivity contribution in [2.45, 2.75) is 6.54 Å². The van der Waals surface area contributed by atoms with Gasteiger partial charge in [-0.05, 0) is 17.7 Å². The van der Waals surface area contributed by atoms with E-state index in [1.807, 2.05) is 6.07 Å². The molecular formula is C14H10FN3O2. The van der Waals surface area contributed by atoms with E-state index < -0.39 is 10.7 Å². The molecule has 0 N–H and O–H groups in total. The summed E-state index contributed by atoms with van der Waals surface area (Å²) in [5.41, 5.74) is 1.22. The molecule has 0 atom stereocenters. The average molecular weight is 271 g/mol. The molecule has 6 heteroatoms. The molecule has 0 fully saturated rings. The Hall–Kier alpha value is -2.76. The second-order valence-electron chi connectivity index (χ2n) is 4.43. The van der Waals surface area contributed by atoms with Gasteiger partial charge in [-0.1, -0.05) is 12.1 Å². The van der Waals surface area contributed by atoms with Crippen LogP contribution >= 0.6 is 0 Å². The number of hydrogen-bond donors (Lipinski definition) is 0. The third kappa shape index (κ3) is 2.11. The largest absolute Gasteiger partial charge is 0.337 e. The first kappa shape index (κ1) is 12.3. The highest BCUT2D eigenvalue weighted by molar-refractivity contribution is 5.88. The molecule has 0 aliphatic rings. The number of nitro benzene ring substituents is 1. The Kier molecular flexibility index (Phi) is 2.90. The summed E-state index contributed by atoms with van der Waals surface area (Å²) in [7, 11) is 0. The first-order valence-electron chi connectivity index (χ1n) is 5.97. The maximum atomic E-state index is 13.1. The summed E-state index contributed by atoms with van der Waals surface area (Å²) in [5.74, 6) is -0.423. The Bertz CT molecular complexity index is 798. The fraction of sp³-hybridized carbons (Fsp3) is 0.0714. The number of fused-ring (bicyclic) bond motifs is 1. The second kappa shape index (κ2) is 4.73. The van der Waals surface area contributed by atoms with Crippen molar-refractivity contribution in [3.8, 4) is 0 Å². The lowest BCUT2D eigenvalue weighted by Crippen LogP contribution is -2.01. The molecule has 3 rings (SSSR count). The van der Waals surface area contributed by atoms with Gasteiger partial charge in [0.2, 0.25) is 0 Å². The highest BCUT2D eigenvalue weighted by Crippen LogP contribution is 2.27. The van der Waals surface area contributed by atoms with E-state index in [2.05, 4.69) is 4.98 Å². The number of pyridine rings is 1. The summed E-state index contributed by atoms with van der Waals surface area (Å²) in [4.78, 5) is 14.5. The van der Waals surface area contributed by atoms with E-state index >= 15 is 0 Å². The number of hydrogen-bond acceptors (Lipinski definition) is 3. The van der Waals surface area contributed by atoms with E-state index in [9.17, 15) is 14.5 Å². The molecule has 0 radical (unpaired) electrons. The Balaban J connectivity index is 2.10. The molecule has 0 spiro atoms. The lowest BCUT2D eigenvalue weighted by atomic mass is 10.2. The zero-order valence-electron chi connectivity index (χ0n) is 10.4. The molecule has 0 amide bonds. The third-order valence-electron chi connectivity index (χ3n) is 3.08. The SMILES string of the molecule is O=[N+]([O-])c1cccc2ccn(Cc3cncc(F)c3)c12. The molecule has 100 valence electrons. The molecule has 0 saturated carbocycles. The van der Waals surface area contributed by atoms with Gasteiger partial charge in [0.25, 0.3) is 5.69 Å². The van der Waals surface area contributed by atoms with Crippen LogP contribution in [0.2, 0.25) is 0 Å². The van der Waals surface area contributed by atoms with Crippen molar-refractivity contribution in [2.75, 3.05) is 0 Å². The molecule has 0 aliphatic carbocycles. The molecule has 3 aromatic rings. The van der Waals surface area contributed by atoms with Gasteiger partial charge < -0.3 is 4.57 Å². The van der Waals surface area contributed by atoms with E-state index in [4.69, 9.17) is 0 Å². The van der Waals surface area contributed by atoms with Crippen molar-refractivity contribution in [3.05, 3.63) is 70.4 Å². The number of aromatic nitrogens is 2. The number of nitrogens with zero attached hydrogens (tertiary/aromatic N) is 3. The van der Waals surface area contributed by atoms with E-state index in [1.165, 1.54) is 12.1 Å². The predicted octanol–water partition coefficient (Wildman–Crippen LogP) is 3.13. The lowest BCUT2D eigenvalue weighted by molar-refractivity contribution is -0.383. The normalized spacial score (nSPS) is 10.8. The van der Waals surface area contributed by atoms with Gasteiger partial charge in [0.1, 0.15) is 11.3 Å². The molecule has 1 aromatic carbocycles. The van der Waals surface area contributed by atoms with Gasteiger partial charge in [-0.2, -0.15) is 0 Å². The molecule has 2 heterocycles. The first-order chi connectivity index (χ1) is 9.65.